The van der Waals surface area contributed by atoms with Crippen LogP contribution in [0.2, 0.25) is 0 Å². The molecule has 0 saturated carbocycles. The molecule has 0 spiro atoms. The molecule has 5 heterocycles. The van der Waals surface area contributed by atoms with E-state index in [1.54, 1.807) is 17.4 Å². The van der Waals surface area contributed by atoms with E-state index >= 15 is 0 Å². The average molecular weight is 581 g/mol. The first-order chi connectivity index (χ1) is 16.1. The Kier molecular flexibility index (Phi) is 4.54. The average Bonchev–Trinajstić information content (AvgIpc) is 3.21. The van der Waals surface area contributed by atoms with E-state index in [-0.39, 0.29) is 16.4 Å². The Labute approximate surface area is 214 Å². The van der Waals surface area contributed by atoms with Gasteiger partial charge < -0.3 is 0 Å². The summed E-state index contributed by atoms with van der Waals surface area (Å²) in [5, 5.41) is 3.71. The molecule has 1 aromatic carbocycles. The number of pyridine rings is 1. The van der Waals surface area contributed by atoms with Crippen molar-refractivity contribution < 1.29 is 9.59 Å². The predicted molar refractivity (Wildman–Crippen MR) is 135 cm³/mol. The van der Waals surface area contributed by atoms with Crippen LogP contribution in [0.15, 0.2) is 53.2 Å². The van der Waals surface area contributed by atoms with Gasteiger partial charge in [-0.15, -0.1) is 0 Å². The van der Waals surface area contributed by atoms with Gasteiger partial charge in [0, 0.05) is 0 Å². The van der Waals surface area contributed by atoms with Crippen molar-refractivity contribution in [3.63, 3.8) is 0 Å². The number of para-hydroxylation sites is 1. The van der Waals surface area contributed by atoms with Crippen LogP contribution >= 0.6 is 11.3 Å². The number of fused-ring (bicyclic) bond motifs is 4. The van der Waals surface area contributed by atoms with Crippen molar-refractivity contribution in [2.75, 3.05) is 4.90 Å². The van der Waals surface area contributed by atoms with Crippen molar-refractivity contribution in [3.8, 4) is 0 Å². The van der Waals surface area contributed by atoms with E-state index in [9.17, 15) is 9.59 Å². The number of carbonyl (C=O) groups is 2. The van der Waals surface area contributed by atoms with Gasteiger partial charge in [-0.25, -0.2) is 0 Å². The Morgan fingerprint density at radius 1 is 1.00 bits per heavy atom. The molecule has 3 aliphatic rings. The summed E-state index contributed by atoms with van der Waals surface area (Å²) in [5.74, 6) is 0.00680. The van der Waals surface area contributed by atoms with E-state index in [4.69, 9.17) is 4.98 Å². The van der Waals surface area contributed by atoms with Crippen molar-refractivity contribution in [1.82, 2.24) is 10.3 Å². The number of hydrogen-bond donors (Lipinski definition) is 1. The van der Waals surface area contributed by atoms with Gasteiger partial charge in [0.1, 0.15) is 0 Å². The zero-order valence-electron chi connectivity index (χ0n) is 19.1. The number of thiophene rings is 1. The first-order valence-electron chi connectivity index (χ1n) is 11.0. The summed E-state index contributed by atoms with van der Waals surface area (Å²) in [4.78, 5) is 36.8. The molecule has 6 nitrogen and oxygen atoms in total. The molecule has 2 aromatic heterocycles. The minimum absolute atomic E-state index is 0.0558. The molecule has 0 atom stereocenters. The molecule has 34 heavy (non-hydrogen) atoms. The molecule has 1 radical (unpaired) electrons. The third kappa shape index (κ3) is 2.86. The molecule has 0 unspecified atom stereocenters. The standard InChI is InChI=1S/C26H21N4O2STe/c1-25(2)15-7-5-8-16-19(15)30(20-17(25)9-6-10-27-20)23-18(26(16,3)4)12-13(33-23)11-14-21(31)28-24(34)29-22(14)32/h5-12H,1-4H3,(H,28,29,31,32). The summed E-state index contributed by atoms with van der Waals surface area (Å²) >= 11 is 3.10. The van der Waals surface area contributed by atoms with Gasteiger partial charge in [-0.1, -0.05) is 13.8 Å². The number of nitrogens with one attached hydrogen (secondary N) is 1. The van der Waals surface area contributed by atoms with E-state index < -0.39 is 11.8 Å². The van der Waals surface area contributed by atoms with E-state index in [2.05, 4.69) is 73.2 Å². The minimum atomic E-state index is -0.508. The zero-order valence-corrected chi connectivity index (χ0v) is 22.2. The fraction of sp³-hybridized carbons (Fsp3) is 0.231. The Balaban J connectivity index is 1.61. The van der Waals surface area contributed by atoms with Crippen LogP contribution in [0.5, 0.6) is 0 Å². The number of aromatic nitrogens is 1. The molecular formula is C26H21N4O2STe. The van der Waals surface area contributed by atoms with E-state index in [0.29, 0.717) is 3.88 Å². The number of rotatable bonds is 1. The van der Waals surface area contributed by atoms with Crippen LogP contribution in [0, 0.1) is 0 Å². The van der Waals surface area contributed by atoms with Gasteiger partial charge in [-0.2, -0.15) is 0 Å². The molecule has 0 aliphatic carbocycles. The number of anilines is 3. The van der Waals surface area contributed by atoms with Crippen LogP contribution in [-0.4, -0.2) is 43.0 Å². The van der Waals surface area contributed by atoms with Crippen molar-refractivity contribution in [1.29, 1.82) is 0 Å². The van der Waals surface area contributed by atoms with Gasteiger partial charge >= 0.3 is 196 Å². The number of aliphatic imine (C=N–C) groups is 1. The summed E-state index contributed by atoms with van der Waals surface area (Å²) in [6.07, 6.45) is 3.50. The monoisotopic (exact) mass is 583 g/mol. The number of amidine groups is 1. The summed E-state index contributed by atoms with van der Waals surface area (Å²) in [7, 11) is 0. The molecule has 2 amide bonds. The number of carbonyl (C=O) groups excluding carboxylic acids is 2. The second kappa shape index (κ2) is 7.11. The van der Waals surface area contributed by atoms with Gasteiger partial charge in [0.15, 0.2) is 0 Å². The van der Waals surface area contributed by atoms with E-state index in [1.807, 2.05) is 12.3 Å². The molecule has 6 rings (SSSR count). The van der Waals surface area contributed by atoms with Crippen molar-refractivity contribution in [2.24, 2.45) is 4.99 Å². The molecule has 1 N–H and O–H groups in total. The maximum absolute atomic E-state index is 12.5. The van der Waals surface area contributed by atoms with Crippen LogP contribution < -0.4 is 10.2 Å². The molecule has 169 valence electrons. The van der Waals surface area contributed by atoms with Crippen molar-refractivity contribution >= 4 is 71.9 Å². The second-order valence-electron chi connectivity index (χ2n) is 9.76. The zero-order chi connectivity index (χ0) is 24.0. The molecule has 0 fully saturated rings. The summed E-state index contributed by atoms with van der Waals surface area (Å²) in [6.45, 7) is 8.97. The predicted octanol–water partition coefficient (Wildman–Crippen LogP) is 4.46. The van der Waals surface area contributed by atoms with Crippen LogP contribution in [0.1, 0.15) is 54.8 Å². The first kappa shape index (κ1) is 21.7. The van der Waals surface area contributed by atoms with Gasteiger partial charge in [-0.3, -0.25) is 0 Å². The Morgan fingerprint density at radius 2 is 1.68 bits per heavy atom. The number of benzene rings is 1. The Hall–Kier alpha value is -2.79. The van der Waals surface area contributed by atoms with E-state index in [0.717, 1.165) is 21.3 Å². The quantitative estimate of drug-likeness (QED) is 0.262. The number of nitrogens with zero attached hydrogens (tertiary/aromatic N) is 3. The Bertz CT molecular complexity index is 1500. The molecule has 0 bridgehead atoms. The number of hydrogen-bond acceptors (Lipinski definition) is 5. The van der Waals surface area contributed by atoms with Crippen molar-refractivity contribution in [2.45, 2.75) is 38.5 Å². The van der Waals surface area contributed by atoms with Gasteiger partial charge in [0.05, 0.1) is 0 Å². The molecule has 3 aliphatic heterocycles. The van der Waals surface area contributed by atoms with E-state index in [1.165, 1.54) is 44.7 Å². The van der Waals surface area contributed by atoms with Gasteiger partial charge in [0.25, 0.3) is 0 Å². The van der Waals surface area contributed by atoms with Crippen molar-refractivity contribution in [3.05, 3.63) is 75.3 Å². The van der Waals surface area contributed by atoms with Crippen LogP contribution in [0.25, 0.3) is 6.08 Å². The molecule has 0 saturated heterocycles. The maximum atomic E-state index is 12.5. The normalized spacial score (nSPS) is 20.3. The van der Waals surface area contributed by atoms with Gasteiger partial charge in [0.2, 0.25) is 0 Å². The summed E-state index contributed by atoms with van der Waals surface area (Å²) in [5.41, 5.74) is 5.62. The van der Waals surface area contributed by atoms with Crippen LogP contribution in [0.4, 0.5) is 16.5 Å². The van der Waals surface area contributed by atoms with Crippen LogP contribution in [-0.2, 0) is 20.4 Å². The fourth-order valence-corrected chi connectivity index (χ4v) is 7.02. The molecule has 8 heteroatoms. The summed E-state index contributed by atoms with van der Waals surface area (Å²) < 4.78 is 0.330. The first-order valence-corrected chi connectivity index (χ1v) is 13.0. The fourth-order valence-electron chi connectivity index (χ4n) is 5.25. The van der Waals surface area contributed by atoms with Crippen LogP contribution in [0.3, 0.4) is 0 Å². The molecular weight excluding hydrogens is 560 g/mol. The Morgan fingerprint density at radius 3 is 2.38 bits per heavy atom. The third-order valence-electron chi connectivity index (χ3n) is 7.07. The second-order valence-corrected chi connectivity index (χ2v) is 11.9. The molecule has 3 aromatic rings. The third-order valence-corrected chi connectivity index (χ3v) is 8.69. The summed E-state index contributed by atoms with van der Waals surface area (Å²) in [6, 6.07) is 12.8. The topological polar surface area (TPSA) is 74.7 Å². The number of amides is 2. The SMILES string of the molecule is CC1(C)c2cccnc2N2c3sc(/C=C4/C(=O)N=C([Te])NC4=O)cc3C(C)(C)c3cccc1c32. The van der Waals surface area contributed by atoms with Gasteiger partial charge in [-0.05, 0) is 6.07 Å².